The summed E-state index contributed by atoms with van der Waals surface area (Å²) in [7, 11) is 0. The van der Waals surface area contributed by atoms with Crippen molar-refractivity contribution >= 4 is 26.3 Å². The van der Waals surface area contributed by atoms with E-state index in [1.54, 1.807) is 6.33 Å². The van der Waals surface area contributed by atoms with E-state index in [0.717, 1.165) is 59.6 Å². The molecule has 3 heterocycles. The van der Waals surface area contributed by atoms with Crippen LogP contribution in [0.5, 0.6) is 0 Å². The van der Waals surface area contributed by atoms with E-state index in [1.807, 2.05) is 18.3 Å². The zero-order valence-corrected chi connectivity index (χ0v) is 17.4. The van der Waals surface area contributed by atoms with E-state index in [-0.39, 0.29) is 0 Å². The molecule has 0 unspecified atom stereocenters. The Morgan fingerprint density at radius 2 is 2.00 bits per heavy atom. The van der Waals surface area contributed by atoms with Gasteiger partial charge in [0.2, 0.25) is 0 Å². The number of rotatable bonds is 4. The van der Waals surface area contributed by atoms with E-state index in [9.17, 15) is 0 Å². The van der Waals surface area contributed by atoms with Crippen LogP contribution in [0.1, 0.15) is 36.2 Å². The number of halogens is 1. The van der Waals surface area contributed by atoms with Crippen LogP contribution in [0, 0.1) is 0 Å². The molecule has 2 aliphatic rings. The zero-order chi connectivity index (χ0) is 18.1. The predicted molar refractivity (Wildman–Crippen MR) is 103 cm³/mol. The quantitative estimate of drug-likeness (QED) is 0.704. The van der Waals surface area contributed by atoms with Crippen molar-refractivity contribution in [3.05, 3.63) is 46.1 Å². The van der Waals surface area contributed by atoms with Crippen molar-refractivity contribution < 1.29 is 15.3 Å². The number of hydrogen-bond acceptors (Lipinski definition) is 5. The molecule has 2 aromatic rings. The molecule has 5 nitrogen and oxygen atoms in total. The van der Waals surface area contributed by atoms with E-state index in [1.165, 1.54) is 17.7 Å². The fraction of sp³-hybridized carbons (Fsp3) is 0.474. The SMILES string of the molecule is C[C@@H]1CCc2ncnc(N3CCN([C](=[Co])Cc4ccc(Br)cn4)CC3)c21. The second kappa shape index (κ2) is 7.84. The summed E-state index contributed by atoms with van der Waals surface area (Å²) in [6, 6.07) is 4.07. The summed E-state index contributed by atoms with van der Waals surface area (Å²) in [5.41, 5.74) is 3.66. The van der Waals surface area contributed by atoms with Gasteiger partial charge in [0.25, 0.3) is 0 Å². The zero-order valence-electron chi connectivity index (χ0n) is 14.8. The van der Waals surface area contributed by atoms with Crippen LogP contribution in [-0.4, -0.2) is 50.6 Å². The Balaban J connectivity index is 1.39. The normalized spacial score (nSPS) is 20.3. The molecule has 1 saturated heterocycles. The molecule has 0 radical (unpaired) electrons. The second-order valence-electron chi connectivity index (χ2n) is 6.97. The van der Waals surface area contributed by atoms with E-state index in [0.29, 0.717) is 5.92 Å². The first-order valence-corrected chi connectivity index (χ1v) is 10.4. The van der Waals surface area contributed by atoms with Crippen molar-refractivity contribution in [1.82, 2.24) is 19.9 Å². The Morgan fingerprint density at radius 1 is 1.19 bits per heavy atom. The van der Waals surface area contributed by atoms with Crippen molar-refractivity contribution in [2.24, 2.45) is 0 Å². The second-order valence-corrected chi connectivity index (χ2v) is 8.48. The van der Waals surface area contributed by atoms with Crippen LogP contribution in [0.3, 0.4) is 0 Å². The van der Waals surface area contributed by atoms with Gasteiger partial charge in [0.15, 0.2) is 0 Å². The van der Waals surface area contributed by atoms with Gasteiger partial charge in [0.05, 0.1) is 0 Å². The summed E-state index contributed by atoms with van der Waals surface area (Å²) in [6.07, 6.45) is 6.61. The van der Waals surface area contributed by atoms with Crippen molar-refractivity contribution in [1.29, 1.82) is 0 Å². The molecule has 7 heteroatoms. The third kappa shape index (κ3) is 3.76. The van der Waals surface area contributed by atoms with Crippen LogP contribution < -0.4 is 4.90 Å². The molecular formula is C19H22BrCoN5. The maximum atomic E-state index is 4.81. The molecule has 139 valence electrons. The molecule has 0 N–H and O–H groups in total. The average Bonchev–Trinajstić information content (AvgIpc) is 3.05. The van der Waals surface area contributed by atoms with Crippen molar-refractivity contribution in [2.75, 3.05) is 31.1 Å². The molecule has 26 heavy (non-hydrogen) atoms. The predicted octanol–water partition coefficient (Wildman–Crippen LogP) is 2.73. The minimum atomic E-state index is 0.564. The van der Waals surface area contributed by atoms with E-state index >= 15 is 0 Å². The van der Waals surface area contributed by atoms with Gasteiger partial charge in [-0.05, 0) is 0 Å². The summed E-state index contributed by atoms with van der Waals surface area (Å²) in [4.78, 5) is 18.3. The fourth-order valence-electron chi connectivity index (χ4n) is 3.79. The Hall–Kier alpha value is -1.15. The molecule has 1 fully saturated rings. The Morgan fingerprint density at radius 3 is 2.73 bits per heavy atom. The first-order chi connectivity index (χ1) is 12.6. The molecule has 0 amide bonds. The van der Waals surface area contributed by atoms with Crippen molar-refractivity contribution in [3.8, 4) is 0 Å². The van der Waals surface area contributed by atoms with Gasteiger partial charge in [0, 0.05) is 0 Å². The molecule has 0 bridgehead atoms. The van der Waals surface area contributed by atoms with Gasteiger partial charge in [-0.1, -0.05) is 0 Å². The van der Waals surface area contributed by atoms with Crippen molar-refractivity contribution in [3.63, 3.8) is 0 Å². The van der Waals surface area contributed by atoms with Crippen molar-refractivity contribution in [2.45, 2.75) is 32.1 Å². The van der Waals surface area contributed by atoms with E-state index in [4.69, 9.17) is 15.3 Å². The Labute approximate surface area is 170 Å². The third-order valence-corrected chi connectivity index (χ3v) is 6.25. The monoisotopic (exact) mass is 458 g/mol. The maximum absolute atomic E-state index is 4.81. The topological polar surface area (TPSA) is 45.2 Å². The van der Waals surface area contributed by atoms with Gasteiger partial charge in [-0.25, -0.2) is 0 Å². The molecule has 0 saturated carbocycles. The van der Waals surface area contributed by atoms with Gasteiger partial charge in [-0.2, -0.15) is 0 Å². The molecule has 1 atom stereocenters. The summed E-state index contributed by atoms with van der Waals surface area (Å²) in [5, 5.41) is 0. The fourth-order valence-corrected chi connectivity index (χ4v) is 4.45. The molecular weight excluding hydrogens is 437 g/mol. The Bertz CT molecular complexity index is 802. The van der Waals surface area contributed by atoms with E-state index < -0.39 is 0 Å². The van der Waals surface area contributed by atoms with Crippen LogP contribution in [0.2, 0.25) is 0 Å². The number of fused-ring (bicyclic) bond motifs is 1. The third-order valence-electron chi connectivity index (χ3n) is 5.27. The van der Waals surface area contributed by atoms with Crippen LogP contribution in [0.15, 0.2) is 29.1 Å². The van der Waals surface area contributed by atoms with Gasteiger partial charge in [-0.3, -0.25) is 0 Å². The van der Waals surface area contributed by atoms with Gasteiger partial charge < -0.3 is 0 Å². The summed E-state index contributed by atoms with van der Waals surface area (Å²) >= 11 is 8.24. The van der Waals surface area contributed by atoms with Crippen LogP contribution in [0.25, 0.3) is 0 Å². The molecule has 0 spiro atoms. The number of nitrogens with zero attached hydrogens (tertiary/aromatic N) is 5. The first kappa shape index (κ1) is 18.2. The van der Waals surface area contributed by atoms with Gasteiger partial charge in [-0.15, -0.1) is 0 Å². The molecule has 0 aromatic carbocycles. The van der Waals surface area contributed by atoms with Crippen LogP contribution >= 0.6 is 15.9 Å². The minimum absolute atomic E-state index is 0.564. The number of anilines is 1. The van der Waals surface area contributed by atoms with Gasteiger partial charge in [0.1, 0.15) is 0 Å². The first-order valence-electron chi connectivity index (χ1n) is 9.05. The number of pyridine rings is 1. The molecule has 1 aliphatic heterocycles. The molecule has 2 aromatic heterocycles. The summed E-state index contributed by atoms with van der Waals surface area (Å²) in [5.74, 6) is 1.71. The summed E-state index contributed by atoms with van der Waals surface area (Å²) in [6.45, 7) is 6.14. The van der Waals surface area contributed by atoms with Crippen LogP contribution in [0.4, 0.5) is 5.82 Å². The molecule has 1 aliphatic carbocycles. The number of piperazine rings is 1. The number of aryl methyl sites for hydroxylation is 1. The number of aromatic nitrogens is 3. The van der Waals surface area contributed by atoms with Crippen LogP contribution in [-0.2, 0) is 28.1 Å². The molecule has 4 rings (SSSR count). The van der Waals surface area contributed by atoms with E-state index in [2.05, 4.69) is 47.6 Å². The van der Waals surface area contributed by atoms with Gasteiger partial charge >= 0.3 is 171 Å². The Kier molecular flexibility index (Phi) is 5.49. The standard InChI is InChI=1S/C19H22BrN5.Co/c1-14-2-5-17-18(14)19(23-13-22-17)25-10-8-24(9-11-25)7-6-16-4-3-15(20)12-21-16;/h3-4,12-14H,2,5-6,8-11H2,1H3;/t14-;/m1./s1. The average molecular weight is 459 g/mol. The summed E-state index contributed by atoms with van der Waals surface area (Å²) < 4.78 is 2.08. The number of hydrogen-bond donors (Lipinski definition) is 0.